The summed E-state index contributed by atoms with van der Waals surface area (Å²) in [6, 6.07) is 8.86. The van der Waals surface area contributed by atoms with Gasteiger partial charge < -0.3 is 19.9 Å². The van der Waals surface area contributed by atoms with Crippen LogP contribution in [0.3, 0.4) is 0 Å². The van der Waals surface area contributed by atoms with Crippen molar-refractivity contribution in [1.29, 1.82) is 0 Å². The average Bonchev–Trinajstić information content (AvgIpc) is 2.27. The Hall–Kier alpha value is -0.565. The molecule has 0 radical (unpaired) electrons. The molecular formula is C11H7Li2O5S-. The molecule has 90 valence electrons. The van der Waals surface area contributed by atoms with Crippen LogP contribution in [0.25, 0.3) is 10.8 Å². The fourth-order valence-corrected chi connectivity index (χ4v) is 1.95. The zero-order valence-electron chi connectivity index (χ0n) is 10.5. The fourth-order valence-electron chi connectivity index (χ4n) is 1.54. The van der Waals surface area contributed by atoms with E-state index in [1.54, 1.807) is 12.1 Å². The Morgan fingerprint density at radius 3 is 2.26 bits per heavy atom. The van der Waals surface area contributed by atoms with E-state index in [0.717, 1.165) is 0 Å². The summed E-state index contributed by atoms with van der Waals surface area (Å²) in [6.45, 7) is 0. The molecule has 0 fully saturated rings. The van der Waals surface area contributed by atoms with E-state index in [2.05, 4.69) is 0 Å². The minimum Gasteiger partial charge on any atom is -0.870 e. The molecule has 2 aromatic carbocycles. The molecule has 0 bridgehead atoms. The summed E-state index contributed by atoms with van der Waals surface area (Å²) in [5.74, 6) is -1.28. The molecule has 0 amide bonds. The molecule has 19 heavy (non-hydrogen) atoms. The van der Waals surface area contributed by atoms with E-state index in [9.17, 15) is 18.7 Å². The molecule has 8 heteroatoms. The third-order valence-electron chi connectivity index (χ3n) is 2.26. The van der Waals surface area contributed by atoms with Crippen LogP contribution in [0.2, 0.25) is 0 Å². The van der Waals surface area contributed by atoms with Crippen LogP contribution in [0, 0.1) is 0 Å². The SMILES string of the molecule is O=C([O-])c1cccc2cc(S(=O)[O-])ccc12.[Li+].[Li+].[OH-]. The Bertz CT molecular complexity index is 603. The summed E-state index contributed by atoms with van der Waals surface area (Å²) in [6.07, 6.45) is 0. The summed E-state index contributed by atoms with van der Waals surface area (Å²) < 4.78 is 21.5. The standard InChI is InChI=1S/C11H8O4S.2Li.H2O/c12-11(13)10-3-1-2-7-6-8(16(14)15)4-5-9(7)10;;;/h1-6H,(H,12,13)(H,14,15);;;1H2/q;2*+1;/p-3. The summed E-state index contributed by atoms with van der Waals surface area (Å²) >= 11 is -2.32. The van der Waals surface area contributed by atoms with E-state index < -0.39 is 17.0 Å². The number of benzene rings is 2. The third-order valence-corrected chi connectivity index (χ3v) is 2.90. The van der Waals surface area contributed by atoms with Gasteiger partial charge in [0.1, 0.15) is 0 Å². The van der Waals surface area contributed by atoms with E-state index in [0.29, 0.717) is 10.8 Å². The summed E-state index contributed by atoms with van der Waals surface area (Å²) in [5, 5.41) is 11.8. The third kappa shape index (κ3) is 4.48. The number of rotatable bonds is 2. The first-order valence-corrected chi connectivity index (χ1v) is 5.50. The topological polar surface area (TPSA) is 110 Å². The van der Waals surface area contributed by atoms with Crippen LogP contribution in [-0.4, -0.2) is 20.2 Å². The molecule has 0 heterocycles. The van der Waals surface area contributed by atoms with Gasteiger partial charge in [-0.05, 0) is 34.0 Å². The molecule has 0 aliphatic rings. The maximum absolute atomic E-state index is 10.8. The van der Waals surface area contributed by atoms with Gasteiger partial charge in [0.05, 0.1) is 5.97 Å². The normalized spacial score (nSPS) is 10.6. The van der Waals surface area contributed by atoms with Gasteiger partial charge in [-0.15, -0.1) is 0 Å². The Morgan fingerprint density at radius 1 is 1.11 bits per heavy atom. The summed E-state index contributed by atoms with van der Waals surface area (Å²) in [5.41, 5.74) is 0.0562. The van der Waals surface area contributed by atoms with Crippen LogP contribution in [0.5, 0.6) is 0 Å². The van der Waals surface area contributed by atoms with Crippen molar-refractivity contribution in [1.82, 2.24) is 0 Å². The number of carboxylic acid groups (broad SMARTS) is 1. The molecule has 2 rings (SSSR count). The number of carboxylic acids is 1. The smallest absolute Gasteiger partial charge is 0.870 e. The van der Waals surface area contributed by atoms with Crippen LogP contribution in [-0.2, 0) is 11.1 Å². The van der Waals surface area contributed by atoms with E-state index in [4.69, 9.17) is 0 Å². The van der Waals surface area contributed by atoms with Crippen LogP contribution in [0.1, 0.15) is 10.4 Å². The summed E-state index contributed by atoms with van der Waals surface area (Å²) in [7, 11) is 0. The zero-order valence-corrected chi connectivity index (χ0v) is 11.3. The van der Waals surface area contributed by atoms with Crippen molar-refractivity contribution in [3.8, 4) is 0 Å². The molecule has 0 aromatic heterocycles. The molecule has 0 aliphatic heterocycles. The fraction of sp³-hybridized carbons (Fsp3) is 0. The molecule has 1 atom stereocenters. The molecule has 2 aromatic rings. The molecule has 1 N–H and O–H groups in total. The van der Waals surface area contributed by atoms with Crippen LogP contribution in [0.4, 0.5) is 0 Å². The van der Waals surface area contributed by atoms with E-state index in [-0.39, 0.29) is 53.7 Å². The predicted molar refractivity (Wildman–Crippen MR) is 57.4 cm³/mol. The van der Waals surface area contributed by atoms with Crippen molar-refractivity contribution in [2.75, 3.05) is 0 Å². The second-order valence-electron chi connectivity index (χ2n) is 3.21. The van der Waals surface area contributed by atoms with Gasteiger partial charge in [0.15, 0.2) is 0 Å². The molecule has 1 unspecified atom stereocenters. The zero-order chi connectivity index (χ0) is 11.7. The molecule has 0 spiro atoms. The Balaban J connectivity index is 0. The van der Waals surface area contributed by atoms with Crippen LogP contribution in [0.15, 0.2) is 41.3 Å². The van der Waals surface area contributed by atoms with Gasteiger partial charge in [-0.3, -0.25) is 4.21 Å². The maximum atomic E-state index is 10.8. The number of aromatic carboxylic acids is 1. The number of carbonyl (C=O) groups is 1. The van der Waals surface area contributed by atoms with Gasteiger partial charge in [-0.25, -0.2) is 0 Å². The van der Waals surface area contributed by atoms with Crippen molar-refractivity contribution in [2.24, 2.45) is 0 Å². The molecule has 0 saturated heterocycles. The monoisotopic (exact) mass is 265 g/mol. The second kappa shape index (κ2) is 8.57. The average molecular weight is 265 g/mol. The largest absolute Gasteiger partial charge is 1.00 e. The molecule has 0 aliphatic carbocycles. The number of hydrogen-bond acceptors (Lipinski definition) is 5. The van der Waals surface area contributed by atoms with Crippen LogP contribution >= 0.6 is 0 Å². The van der Waals surface area contributed by atoms with Gasteiger partial charge >= 0.3 is 37.7 Å². The van der Waals surface area contributed by atoms with Gasteiger partial charge in [-0.1, -0.05) is 24.3 Å². The van der Waals surface area contributed by atoms with Crippen molar-refractivity contribution >= 4 is 27.8 Å². The number of fused-ring (bicyclic) bond motifs is 1. The first-order valence-electron chi connectivity index (χ1n) is 4.43. The first-order chi connectivity index (χ1) is 7.59. The van der Waals surface area contributed by atoms with Gasteiger partial charge in [0.2, 0.25) is 0 Å². The Morgan fingerprint density at radius 2 is 1.74 bits per heavy atom. The first kappa shape index (κ1) is 20.7. The second-order valence-corrected chi connectivity index (χ2v) is 4.15. The van der Waals surface area contributed by atoms with Crippen molar-refractivity contribution in [3.05, 3.63) is 42.0 Å². The molecule has 5 nitrogen and oxygen atoms in total. The molecule has 0 saturated carbocycles. The van der Waals surface area contributed by atoms with Gasteiger partial charge in [0, 0.05) is 10.5 Å². The minimum absolute atomic E-state index is 0. The molecular weight excluding hydrogens is 258 g/mol. The quantitative estimate of drug-likeness (QED) is 0.397. The summed E-state index contributed by atoms with van der Waals surface area (Å²) in [4.78, 5) is 10.9. The number of carbonyl (C=O) groups excluding carboxylic acids is 1. The minimum atomic E-state index is -2.32. The van der Waals surface area contributed by atoms with Crippen molar-refractivity contribution in [2.45, 2.75) is 4.90 Å². The van der Waals surface area contributed by atoms with Gasteiger partial charge in [-0.2, -0.15) is 0 Å². The van der Waals surface area contributed by atoms with E-state index in [1.807, 2.05) is 0 Å². The predicted octanol–water partition coefficient (Wildman–Crippen LogP) is -5.73. The van der Waals surface area contributed by atoms with Crippen LogP contribution < -0.4 is 42.8 Å². The van der Waals surface area contributed by atoms with Crippen molar-refractivity contribution < 1.29 is 61.9 Å². The van der Waals surface area contributed by atoms with E-state index in [1.165, 1.54) is 24.3 Å². The van der Waals surface area contributed by atoms with E-state index >= 15 is 0 Å². The van der Waals surface area contributed by atoms with Crippen molar-refractivity contribution in [3.63, 3.8) is 0 Å². The maximum Gasteiger partial charge on any atom is 1.00 e. The Labute approximate surface area is 136 Å². The van der Waals surface area contributed by atoms with Gasteiger partial charge in [0.25, 0.3) is 0 Å². The number of hydrogen-bond donors (Lipinski definition) is 0. The Kier molecular flexibility index (Phi) is 9.36.